The van der Waals surface area contributed by atoms with Gasteiger partial charge >= 0.3 is 5.97 Å². The van der Waals surface area contributed by atoms with Crippen molar-refractivity contribution in [2.24, 2.45) is 5.92 Å². The van der Waals surface area contributed by atoms with E-state index in [2.05, 4.69) is 18.9 Å². The molecule has 1 aromatic rings. The Morgan fingerprint density at radius 3 is 2.53 bits per heavy atom. The van der Waals surface area contributed by atoms with Crippen molar-refractivity contribution in [3.63, 3.8) is 0 Å². The molecule has 1 heterocycles. The van der Waals surface area contributed by atoms with E-state index in [-0.39, 0.29) is 6.42 Å². The molecule has 0 saturated heterocycles. The van der Waals surface area contributed by atoms with Gasteiger partial charge in [-0.05, 0) is 19.8 Å². The highest BCUT2D eigenvalue weighted by Crippen LogP contribution is 2.15. The van der Waals surface area contributed by atoms with Crippen molar-refractivity contribution < 1.29 is 9.90 Å². The van der Waals surface area contributed by atoms with Crippen LogP contribution in [0.2, 0.25) is 0 Å². The molecule has 0 fully saturated rings. The monoisotopic (exact) mass is 210 g/mol. The highest BCUT2D eigenvalue weighted by atomic mass is 16.4. The van der Waals surface area contributed by atoms with Crippen LogP contribution in [-0.4, -0.2) is 20.9 Å². The minimum atomic E-state index is -0.801. The lowest BCUT2D eigenvalue weighted by Crippen LogP contribution is -2.08. The third-order valence-electron chi connectivity index (χ3n) is 2.40. The first-order valence-electron chi connectivity index (χ1n) is 5.16. The fraction of sp³-hybridized carbons (Fsp3) is 0.636. The number of aliphatic carboxylic acids is 1. The van der Waals surface area contributed by atoms with Gasteiger partial charge in [0.25, 0.3) is 0 Å². The summed E-state index contributed by atoms with van der Waals surface area (Å²) in [5, 5.41) is 13.1. The van der Waals surface area contributed by atoms with Crippen LogP contribution in [0.15, 0.2) is 0 Å². The number of hydrogen-bond acceptors (Lipinski definition) is 2. The van der Waals surface area contributed by atoms with Gasteiger partial charge < -0.3 is 5.11 Å². The molecular formula is C11H18N2O2. The van der Waals surface area contributed by atoms with Crippen molar-refractivity contribution in [1.29, 1.82) is 0 Å². The highest BCUT2D eigenvalue weighted by molar-refractivity contribution is 5.70. The molecule has 0 saturated carbocycles. The molecule has 84 valence electrons. The second-order valence-corrected chi connectivity index (χ2v) is 4.30. The Kier molecular flexibility index (Phi) is 3.50. The maximum atomic E-state index is 10.7. The van der Waals surface area contributed by atoms with Gasteiger partial charge in [0, 0.05) is 17.8 Å². The molecular weight excluding hydrogens is 192 g/mol. The molecule has 4 heteroatoms. The Balaban J connectivity index is 2.98. The van der Waals surface area contributed by atoms with Gasteiger partial charge in [0.2, 0.25) is 0 Å². The van der Waals surface area contributed by atoms with E-state index in [4.69, 9.17) is 5.11 Å². The first-order valence-corrected chi connectivity index (χ1v) is 5.16. The zero-order valence-electron chi connectivity index (χ0n) is 9.74. The van der Waals surface area contributed by atoms with Crippen LogP contribution in [-0.2, 0) is 17.8 Å². The Hall–Kier alpha value is -1.32. The summed E-state index contributed by atoms with van der Waals surface area (Å²) in [5.74, 6) is -0.286. The predicted octanol–water partition coefficient (Wildman–Crippen LogP) is 1.78. The van der Waals surface area contributed by atoms with E-state index in [0.29, 0.717) is 5.92 Å². The Morgan fingerprint density at radius 2 is 2.07 bits per heavy atom. The van der Waals surface area contributed by atoms with E-state index in [9.17, 15) is 4.79 Å². The van der Waals surface area contributed by atoms with Crippen LogP contribution in [0.4, 0.5) is 0 Å². The Morgan fingerprint density at radius 1 is 1.47 bits per heavy atom. The third-order valence-corrected chi connectivity index (χ3v) is 2.40. The molecule has 0 amide bonds. The molecule has 0 aliphatic carbocycles. The van der Waals surface area contributed by atoms with Crippen LogP contribution in [0, 0.1) is 19.8 Å². The van der Waals surface area contributed by atoms with Crippen LogP contribution in [0.1, 0.15) is 30.8 Å². The molecule has 1 N–H and O–H groups in total. The summed E-state index contributed by atoms with van der Waals surface area (Å²) in [5.41, 5.74) is 2.65. The molecule has 0 unspecified atom stereocenters. The second-order valence-electron chi connectivity index (χ2n) is 4.30. The summed E-state index contributed by atoms with van der Waals surface area (Å²) < 4.78 is 1.90. The van der Waals surface area contributed by atoms with Crippen molar-refractivity contribution in [2.75, 3.05) is 0 Å². The molecule has 0 bridgehead atoms. The Bertz CT molecular complexity index is 367. The minimum absolute atomic E-state index is 0.0652. The first-order chi connectivity index (χ1) is 6.91. The minimum Gasteiger partial charge on any atom is -0.481 e. The van der Waals surface area contributed by atoms with Crippen LogP contribution in [0.3, 0.4) is 0 Å². The molecule has 1 rings (SSSR count). The van der Waals surface area contributed by atoms with Gasteiger partial charge in [-0.15, -0.1) is 0 Å². The van der Waals surface area contributed by atoms with Crippen LogP contribution in [0.25, 0.3) is 0 Å². The van der Waals surface area contributed by atoms with Crippen molar-refractivity contribution in [3.8, 4) is 0 Å². The number of carbonyl (C=O) groups is 1. The topological polar surface area (TPSA) is 55.1 Å². The molecule has 4 nitrogen and oxygen atoms in total. The maximum absolute atomic E-state index is 10.7. The number of hydrogen-bond donors (Lipinski definition) is 1. The smallest absolute Gasteiger partial charge is 0.307 e. The maximum Gasteiger partial charge on any atom is 0.307 e. The average molecular weight is 210 g/mol. The van der Waals surface area contributed by atoms with Crippen LogP contribution in [0.5, 0.6) is 0 Å². The summed E-state index contributed by atoms with van der Waals surface area (Å²) in [7, 11) is 0. The highest BCUT2D eigenvalue weighted by Gasteiger charge is 2.14. The van der Waals surface area contributed by atoms with E-state index >= 15 is 0 Å². The number of aryl methyl sites for hydroxylation is 1. The lowest BCUT2D eigenvalue weighted by atomic mass is 10.1. The molecule has 1 aromatic heterocycles. The fourth-order valence-electron chi connectivity index (χ4n) is 1.66. The summed E-state index contributed by atoms with van der Waals surface area (Å²) >= 11 is 0. The first kappa shape index (κ1) is 11.8. The molecule has 0 aliphatic rings. The van der Waals surface area contributed by atoms with E-state index in [1.165, 1.54) is 0 Å². The van der Waals surface area contributed by atoms with Crippen molar-refractivity contribution in [2.45, 2.75) is 40.7 Å². The van der Waals surface area contributed by atoms with Gasteiger partial charge in [-0.3, -0.25) is 9.48 Å². The number of nitrogens with zero attached hydrogens (tertiary/aromatic N) is 2. The van der Waals surface area contributed by atoms with Gasteiger partial charge in [-0.2, -0.15) is 5.10 Å². The summed E-state index contributed by atoms with van der Waals surface area (Å²) in [4.78, 5) is 10.7. The molecule has 0 atom stereocenters. The lowest BCUT2D eigenvalue weighted by molar-refractivity contribution is -0.136. The SMILES string of the molecule is Cc1nn(CC(C)C)c(C)c1CC(=O)O. The van der Waals surface area contributed by atoms with E-state index < -0.39 is 5.97 Å². The molecule has 15 heavy (non-hydrogen) atoms. The summed E-state index contributed by atoms with van der Waals surface area (Å²) in [6.45, 7) is 8.87. The van der Waals surface area contributed by atoms with Gasteiger partial charge in [-0.1, -0.05) is 13.8 Å². The standard InChI is InChI=1S/C11H18N2O2/c1-7(2)6-13-9(4)10(5-11(14)15)8(3)12-13/h7H,5-6H2,1-4H3,(H,14,15). The van der Waals surface area contributed by atoms with E-state index in [1.54, 1.807) is 0 Å². The van der Waals surface area contributed by atoms with E-state index in [1.807, 2.05) is 18.5 Å². The van der Waals surface area contributed by atoms with Crippen molar-refractivity contribution in [3.05, 3.63) is 17.0 Å². The third kappa shape index (κ3) is 2.81. The lowest BCUT2D eigenvalue weighted by Gasteiger charge is -2.07. The summed E-state index contributed by atoms with van der Waals surface area (Å²) in [6, 6.07) is 0. The van der Waals surface area contributed by atoms with Crippen LogP contribution < -0.4 is 0 Å². The average Bonchev–Trinajstić information content (AvgIpc) is 2.31. The van der Waals surface area contributed by atoms with Gasteiger partial charge in [0.15, 0.2) is 0 Å². The predicted molar refractivity (Wildman–Crippen MR) is 57.9 cm³/mol. The van der Waals surface area contributed by atoms with Crippen molar-refractivity contribution >= 4 is 5.97 Å². The quantitative estimate of drug-likeness (QED) is 0.824. The van der Waals surface area contributed by atoms with Crippen LogP contribution >= 0.6 is 0 Å². The summed E-state index contributed by atoms with van der Waals surface area (Å²) in [6.07, 6.45) is 0.0652. The fourth-order valence-corrected chi connectivity index (χ4v) is 1.66. The number of carboxylic acids is 1. The molecule has 0 aliphatic heterocycles. The van der Waals surface area contributed by atoms with Gasteiger partial charge in [0.05, 0.1) is 12.1 Å². The van der Waals surface area contributed by atoms with Gasteiger partial charge in [0.1, 0.15) is 0 Å². The second kappa shape index (κ2) is 4.47. The largest absolute Gasteiger partial charge is 0.481 e. The van der Waals surface area contributed by atoms with Gasteiger partial charge in [-0.25, -0.2) is 0 Å². The number of carboxylic acid groups (broad SMARTS) is 1. The van der Waals surface area contributed by atoms with E-state index in [0.717, 1.165) is 23.5 Å². The molecule has 0 spiro atoms. The zero-order chi connectivity index (χ0) is 11.6. The number of aromatic nitrogens is 2. The normalized spacial score (nSPS) is 11.0. The molecule has 0 aromatic carbocycles. The van der Waals surface area contributed by atoms with Crippen molar-refractivity contribution in [1.82, 2.24) is 9.78 Å². The molecule has 0 radical (unpaired) electrons. The Labute approximate surface area is 89.9 Å². The zero-order valence-corrected chi connectivity index (χ0v) is 9.74. The number of rotatable bonds is 4.